The van der Waals surface area contributed by atoms with Crippen molar-refractivity contribution >= 4 is 30.2 Å². The summed E-state index contributed by atoms with van der Waals surface area (Å²) in [4.78, 5) is 60.8. The molecule has 368 valence electrons. The van der Waals surface area contributed by atoms with Crippen LogP contribution in [0.15, 0.2) is 91.0 Å². The van der Waals surface area contributed by atoms with E-state index >= 15 is 0 Å². The lowest BCUT2D eigenvalue weighted by Crippen LogP contribution is -2.28. The molecule has 2 fully saturated rings. The van der Waals surface area contributed by atoms with Crippen molar-refractivity contribution in [2.75, 3.05) is 39.6 Å². The topological polar surface area (TPSA) is 159 Å². The van der Waals surface area contributed by atoms with Gasteiger partial charge in [0.15, 0.2) is 6.29 Å². The predicted octanol–water partition coefficient (Wildman–Crippen LogP) is 11.2. The lowest BCUT2D eigenvalue weighted by Gasteiger charge is -2.27. The number of carbonyl (C=O) groups is 5. The van der Waals surface area contributed by atoms with Gasteiger partial charge in [-0.05, 0) is 195 Å². The molecule has 2 saturated carbocycles. The van der Waals surface area contributed by atoms with Gasteiger partial charge in [-0.15, -0.1) is 0 Å². The van der Waals surface area contributed by atoms with Crippen LogP contribution in [0.2, 0.25) is 0 Å². The summed E-state index contributed by atoms with van der Waals surface area (Å²) in [5.41, 5.74) is 1.24. The Kier molecular flexibility index (Phi) is 22.5. The first kappa shape index (κ1) is 52.9. The fourth-order valence-corrected chi connectivity index (χ4v) is 8.07. The molecule has 0 unspecified atom stereocenters. The maximum atomic E-state index is 13.0. The van der Waals surface area contributed by atoms with Crippen molar-refractivity contribution in [2.45, 2.75) is 117 Å². The maximum Gasteiger partial charge on any atom is 0.333 e. The van der Waals surface area contributed by atoms with Crippen LogP contribution in [0.4, 0.5) is 0 Å². The number of benzene rings is 3. The number of esters is 4. The van der Waals surface area contributed by atoms with E-state index in [1.165, 1.54) is 0 Å². The van der Waals surface area contributed by atoms with Crippen LogP contribution < -0.4 is 28.4 Å². The third-order valence-electron chi connectivity index (χ3n) is 12.3. The van der Waals surface area contributed by atoms with Crippen LogP contribution in [-0.2, 0) is 28.7 Å². The van der Waals surface area contributed by atoms with Gasteiger partial charge in [-0.3, -0.25) is 14.4 Å². The van der Waals surface area contributed by atoms with E-state index in [1.807, 2.05) is 6.07 Å². The van der Waals surface area contributed by atoms with E-state index in [0.717, 1.165) is 83.3 Å². The lowest BCUT2D eigenvalue weighted by atomic mass is 9.82. The quantitative estimate of drug-likeness (QED) is 0.0213. The Bertz CT molecular complexity index is 2080. The zero-order valence-corrected chi connectivity index (χ0v) is 40.0. The predicted molar refractivity (Wildman–Crippen MR) is 257 cm³/mol. The van der Waals surface area contributed by atoms with Crippen molar-refractivity contribution in [1.29, 1.82) is 0 Å². The van der Waals surface area contributed by atoms with Gasteiger partial charge < -0.3 is 37.9 Å². The van der Waals surface area contributed by atoms with E-state index in [4.69, 9.17) is 37.9 Å². The van der Waals surface area contributed by atoms with Crippen molar-refractivity contribution < 1.29 is 61.9 Å². The summed E-state index contributed by atoms with van der Waals surface area (Å²) in [5, 5.41) is 0. The van der Waals surface area contributed by atoms with E-state index in [0.29, 0.717) is 117 Å². The molecule has 0 saturated heterocycles. The fourth-order valence-electron chi connectivity index (χ4n) is 8.07. The number of carbonyl (C=O) groups excluding carboxylic acids is 5. The molecule has 13 heteroatoms. The lowest BCUT2D eigenvalue weighted by molar-refractivity contribution is -0.141. The molecule has 3 aromatic rings. The molecule has 68 heavy (non-hydrogen) atoms. The van der Waals surface area contributed by atoms with E-state index in [9.17, 15) is 24.0 Å². The summed E-state index contributed by atoms with van der Waals surface area (Å²) in [5.74, 6) is 2.52. The molecule has 0 bridgehead atoms. The third kappa shape index (κ3) is 18.9. The Morgan fingerprint density at radius 2 is 0.868 bits per heavy atom. The van der Waals surface area contributed by atoms with Gasteiger partial charge >= 0.3 is 23.9 Å². The molecule has 3 aromatic carbocycles. The highest BCUT2D eigenvalue weighted by Crippen LogP contribution is 2.34. The van der Waals surface area contributed by atoms with Gasteiger partial charge in [0.05, 0.1) is 57.0 Å². The largest absolute Gasteiger partial charge is 0.494 e. The summed E-state index contributed by atoms with van der Waals surface area (Å²) in [6, 6.07) is 19.5. The minimum absolute atomic E-state index is 0.175. The van der Waals surface area contributed by atoms with Crippen molar-refractivity contribution in [3.8, 4) is 34.5 Å². The van der Waals surface area contributed by atoms with Gasteiger partial charge in [-0.2, -0.15) is 0 Å². The molecule has 2 aliphatic carbocycles. The van der Waals surface area contributed by atoms with Gasteiger partial charge in [0.1, 0.15) is 34.5 Å². The number of aldehydes is 1. The first-order valence-corrected chi connectivity index (χ1v) is 24.4. The molecule has 0 atom stereocenters. The maximum absolute atomic E-state index is 13.0. The van der Waals surface area contributed by atoms with Crippen molar-refractivity contribution in [3.63, 3.8) is 0 Å². The monoisotopic (exact) mass is 938 g/mol. The fraction of sp³-hybridized carbons (Fsp3) is 0.509. The molecule has 0 spiro atoms. The van der Waals surface area contributed by atoms with Crippen LogP contribution in [0.3, 0.4) is 0 Å². The standard InChI is InChI=1S/C55H70O13/c1-39(2)52(57)63-33-11-7-5-9-31-61-46-21-25-48(26-22-46)67-54(59)43-17-13-41(14-18-43)37-65-50-29-30-51(45(35-50)36-56)66-38-42-15-19-44(20-16-42)55(60)68-49-27-23-47(24-28-49)62-32-10-6-8-12-34-64-53(58)40(3)4/h21-30,35-36,41-44H,1,3,5-20,31-34,37-38H2,2,4H3. The smallest absolute Gasteiger partial charge is 0.333 e. The van der Waals surface area contributed by atoms with Gasteiger partial charge in [0.25, 0.3) is 0 Å². The van der Waals surface area contributed by atoms with Crippen LogP contribution in [-0.4, -0.2) is 69.8 Å². The minimum Gasteiger partial charge on any atom is -0.494 e. The molecular formula is C55H70O13. The molecule has 5 rings (SSSR count). The highest BCUT2D eigenvalue weighted by Gasteiger charge is 2.30. The number of hydrogen-bond donors (Lipinski definition) is 0. The first-order valence-electron chi connectivity index (χ1n) is 24.4. The third-order valence-corrected chi connectivity index (χ3v) is 12.3. The molecule has 0 amide bonds. The second kappa shape index (κ2) is 28.9. The number of rotatable bonds is 29. The molecular weight excluding hydrogens is 869 g/mol. The summed E-state index contributed by atoms with van der Waals surface area (Å²) >= 11 is 0. The Morgan fingerprint density at radius 3 is 1.28 bits per heavy atom. The van der Waals surface area contributed by atoms with E-state index in [1.54, 1.807) is 74.5 Å². The van der Waals surface area contributed by atoms with Crippen LogP contribution in [0.25, 0.3) is 0 Å². The van der Waals surface area contributed by atoms with Crippen molar-refractivity contribution in [3.05, 3.63) is 96.6 Å². The van der Waals surface area contributed by atoms with Crippen molar-refractivity contribution in [1.82, 2.24) is 0 Å². The number of hydrogen-bond acceptors (Lipinski definition) is 13. The SMILES string of the molecule is C=C(C)C(=O)OCCCCCCOc1ccc(OC(=O)C2CCC(COc3ccc(OCC4CCC(C(=O)Oc5ccc(OCCCCCCOC(=O)C(=C)C)cc5)CC4)c(C=O)c3)CC2)cc1. The van der Waals surface area contributed by atoms with Crippen LogP contribution in [0, 0.1) is 23.7 Å². The van der Waals surface area contributed by atoms with E-state index in [2.05, 4.69) is 13.2 Å². The van der Waals surface area contributed by atoms with Gasteiger partial charge in [-0.1, -0.05) is 13.2 Å². The van der Waals surface area contributed by atoms with E-state index < -0.39 is 0 Å². The summed E-state index contributed by atoms with van der Waals surface area (Å²) in [7, 11) is 0. The molecule has 0 aliphatic heterocycles. The van der Waals surface area contributed by atoms with Gasteiger partial charge in [0.2, 0.25) is 0 Å². The van der Waals surface area contributed by atoms with Crippen LogP contribution in [0.5, 0.6) is 34.5 Å². The summed E-state index contributed by atoms with van der Waals surface area (Å²) in [6.07, 6.45) is 14.1. The highest BCUT2D eigenvalue weighted by atomic mass is 16.5. The molecule has 0 N–H and O–H groups in total. The normalized spacial score (nSPS) is 17.7. The number of unbranched alkanes of at least 4 members (excludes halogenated alkanes) is 6. The second-order valence-electron chi connectivity index (χ2n) is 18.0. The molecule has 2 aliphatic rings. The Labute approximate surface area is 401 Å². The van der Waals surface area contributed by atoms with E-state index in [-0.39, 0.29) is 47.5 Å². The first-order chi connectivity index (χ1) is 33.0. The number of ether oxygens (including phenoxy) is 8. The Hall–Kier alpha value is -6.11. The Balaban J connectivity index is 0.903. The summed E-state index contributed by atoms with van der Waals surface area (Å²) in [6.45, 7) is 13.3. The van der Waals surface area contributed by atoms with Gasteiger partial charge in [0, 0.05) is 11.1 Å². The average Bonchev–Trinajstić information content (AvgIpc) is 3.35. The zero-order chi connectivity index (χ0) is 48.5. The molecule has 0 radical (unpaired) electrons. The minimum atomic E-state index is -0.350. The summed E-state index contributed by atoms with van der Waals surface area (Å²) < 4.78 is 45.5. The molecule has 0 aromatic heterocycles. The van der Waals surface area contributed by atoms with Crippen molar-refractivity contribution in [2.24, 2.45) is 23.7 Å². The van der Waals surface area contributed by atoms with Gasteiger partial charge in [-0.25, -0.2) is 9.59 Å². The van der Waals surface area contributed by atoms with Crippen LogP contribution >= 0.6 is 0 Å². The average molecular weight is 939 g/mol. The van der Waals surface area contributed by atoms with Crippen LogP contribution in [0.1, 0.15) is 127 Å². The highest BCUT2D eigenvalue weighted by molar-refractivity contribution is 5.87. The second-order valence-corrected chi connectivity index (χ2v) is 18.0. The Morgan fingerprint density at radius 1 is 0.485 bits per heavy atom. The molecule has 0 heterocycles. The molecule has 13 nitrogen and oxygen atoms in total. The zero-order valence-electron chi connectivity index (χ0n) is 40.0.